The zero-order valence-electron chi connectivity index (χ0n) is 9.96. The lowest BCUT2D eigenvalue weighted by Gasteiger charge is -2.48. The SMILES string of the molecule is C[C@@H]1CN(C(C)(C)C)C[C@H](C)N1C. The smallest absolute Gasteiger partial charge is 0.0195 e. The van der Waals surface area contributed by atoms with Crippen molar-refractivity contribution in [3.63, 3.8) is 0 Å². The van der Waals surface area contributed by atoms with Crippen molar-refractivity contribution in [3.8, 4) is 0 Å². The van der Waals surface area contributed by atoms with E-state index in [9.17, 15) is 0 Å². The number of rotatable bonds is 0. The van der Waals surface area contributed by atoms with Crippen LogP contribution in [0.25, 0.3) is 0 Å². The molecule has 1 saturated heterocycles. The Morgan fingerprint density at radius 3 is 1.69 bits per heavy atom. The van der Waals surface area contributed by atoms with Gasteiger partial charge in [0.1, 0.15) is 0 Å². The van der Waals surface area contributed by atoms with E-state index in [1.54, 1.807) is 0 Å². The summed E-state index contributed by atoms with van der Waals surface area (Å²) in [5, 5.41) is 0. The van der Waals surface area contributed by atoms with Crippen molar-refractivity contribution in [1.29, 1.82) is 0 Å². The van der Waals surface area contributed by atoms with Crippen LogP contribution in [-0.2, 0) is 0 Å². The fourth-order valence-electron chi connectivity index (χ4n) is 1.95. The van der Waals surface area contributed by atoms with E-state index in [1.165, 1.54) is 13.1 Å². The summed E-state index contributed by atoms with van der Waals surface area (Å²) in [5.74, 6) is 0. The maximum atomic E-state index is 2.59. The second kappa shape index (κ2) is 3.58. The fraction of sp³-hybridized carbons (Fsp3) is 1.00. The lowest BCUT2D eigenvalue weighted by molar-refractivity contribution is 0.00887. The van der Waals surface area contributed by atoms with Crippen molar-refractivity contribution in [2.45, 2.75) is 52.2 Å². The van der Waals surface area contributed by atoms with E-state index in [0.29, 0.717) is 17.6 Å². The first kappa shape index (κ1) is 11.0. The molecule has 1 aliphatic heterocycles. The number of nitrogens with zero attached hydrogens (tertiary/aromatic N) is 2. The molecule has 0 spiro atoms. The molecule has 13 heavy (non-hydrogen) atoms. The van der Waals surface area contributed by atoms with Crippen LogP contribution < -0.4 is 0 Å². The Labute approximate surface area is 82.9 Å². The summed E-state index contributed by atoms with van der Waals surface area (Å²) in [7, 11) is 2.23. The largest absolute Gasteiger partial charge is 0.298 e. The summed E-state index contributed by atoms with van der Waals surface area (Å²) < 4.78 is 0. The molecule has 0 aromatic carbocycles. The van der Waals surface area contributed by atoms with E-state index in [-0.39, 0.29) is 0 Å². The van der Waals surface area contributed by atoms with Gasteiger partial charge in [0.15, 0.2) is 0 Å². The van der Waals surface area contributed by atoms with Crippen LogP contribution in [0.15, 0.2) is 0 Å². The summed E-state index contributed by atoms with van der Waals surface area (Å²) in [4.78, 5) is 5.06. The lowest BCUT2D eigenvalue weighted by Crippen LogP contribution is -2.59. The van der Waals surface area contributed by atoms with Gasteiger partial charge in [-0.1, -0.05) is 0 Å². The maximum Gasteiger partial charge on any atom is 0.0195 e. The van der Waals surface area contributed by atoms with Crippen LogP contribution in [0.5, 0.6) is 0 Å². The fourth-order valence-corrected chi connectivity index (χ4v) is 1.95. The van der Waals surface area contributed by atoms with Gasteiger partial charge in [0.25, 0.3) is 0 Å². The van der Waals surface area contributed by atoms with Gasteiger partial charge in [0, 0.05) is 30.7 Å². The van der Waals surface area contributed by atoms with Crippen molar-refractivity contribution in [3.05, 3.63) is 0 Å². The van der Waals surface area contributed by atoms with Crippen LogP contribution in [0.4, 0.5) is 0 Å². The van der Waals surface area contributed by atoms with Crippen molar-refractivity contribution in [2.24, 2.45) is 0 Å². The highest BCUT2D eigenvalue weighted by molar-refractivity contribution is 4.88. The predicted molar refractivity (Wildman–Crippen MR) is 58.0 cm³/mol. The number of likely N-dealkylation sites (N-methyl/N-ethyl adjacent to an activating group) is 1. The summed E-state index contributed by atoms with van der Waals surface area (Å²) >= 11 is 0. The van der Waals surface area contributed by atoms with Crippen LogP contribution in [0.2, 0.25) is 0 Å². The highest BCUT2D eigenvalue weighted by Crippen LogP contribution is 2.21. The molecule has 1 rings (SSSR count). The Balaban J connectivity index is 2.64. The quantitative estimate of drug-likeness (QED) is 0.566. The van der Waals surface area contributed by atoms with E-state index in [0.717, 1.165) is 0 Å². The van der Waals surface area contributed by atoms with Gasteiger partial charge >= 0.3 is 0 Å². The molecule has 78 valence electrons. The van der Waals surface area contributed by atoms with Crippen LogP contribution in [-0.4, -0.2) is 47.6 Å². The van der Waals surface area contributed by atoms with Gasteiger partial charge < -0.3 is 0 Å². The number of piperazine rings is 1. The molecule has 2 atom stereocenters. The molecule has 1 heterocycles. The Morgan fingerprint density at radius 1 is 1.00 bits per heavy atom. The second-order valence-electron chi connectivity index (χ2n) is 5.44. The van der Waals surface area contributed by atoms with Crippen molar-refractivity contribution >= 4 is 0 Å². The van der Waals surface area contributed by atoms with Crippen LogP contribution in [0.3, 0.4) is 0 Å². The summed E-state index contributed by atoms with van der Waals surface area (Å²) in [6.45, 7) is 13.9. The predicted octanol–water partition coefficient (Wildman–Crippen LogP) is 1.81. The molecule has 0 aliphatic carbocycles. The lowest BCUT2D eigenvalue weighted by atomic mass is 10.00. The van der Waals surface area contributed by atoms with Gasteiger partial charge in [0.05, 0.1) is 0 Å². The minimum atomic E-state index is 0.323. The van der Waals surface area contributed by atoms with Gasteiger partial charge in [-0.2, -0.15) is 0 Å². The summed E-state index contributed by atoms with van der Waals surface area (Å²) in [5.41, 5.74) is 0.323. The average molecular weight is 184 g/mol. The summed E-state index contributed by atoms with van der Waals surface area (Å²) in [6, 6.07) is 1.37. The minimum absolute atomic E-state index is 0.323. The van der Waals surface area contributed by atoms with Crippen molar-refractivity contribution in [2.75, 3.05) is 20.1 Å². The van der Waals surface area contributed by atoms with E-state index in [1.807, 2.05) is 0 Å². The third kappa shape index (κ3) is 2.44. The normalized spacial score (nSPS) is 33.7. The van der Waals surface area contributed by atoms with E-state index in [2.05, 4.69) is 51.5 Å². The minimum Gasteiger partial charge on any atom is -0.298 e. The monoisotopic (exact) mass is 184 g/mol. The van der Waals surface area contributed by atoms with Crippen molar-refractivity contribution < 1.29 is 0 Å². The molecular weight excluding hydrogens is 160 g/mol. The van der Waals surface area contributed by atoms with Gasteiger partial charge in [-0.05, 0) is 41.7 Å². The molecule has 2 heteroatoms. The second-order valence-corrected chi connectivity index (χ2v) is 5.44. The molecule has 0 saturated carbocycles. The standard InChI is InChI=1S/C11H24N2/c1-9-7-13(11(3,4)5)8-10(2)12(9)6/h9-10H,7-8H2,1-6H3/t9-,10+. The average Bonchev–Trinajstić information content (AvgIpc) is 1.97. The molecule has 0 N–H and O–H groups in total. The molecule has 0 bridgehead atoms. The summed E-state index contributed by atoms with van der Waals surface area (Å²) in [6.07, 6.45) is 0. The molecule has 0 aromatic rings. The van der Waals surface area contributed by atoms with Gasteiger partial charge in [-0.25, -0.2) is 0 Å². The van der Waals surface area contributed by atoms with E-state index < -0.39 is 0 Å². The first-order valence-electron chi connectivity index (χ1n) is 5.29. The number of hydrogen-bond donors (Lipinski definition) is 0. The highest BCUT2D eigenvalue weighted by atomic mass is 15.3. The van der Waals surface area contributed by atoms with Crippen LogP contribution in [0.1, 0.15) is 34.6 Å². The zero-order chi connectivity index (χ0) is 10.2. The Bertz CT molecular complexity index is 159. The van der Waals surface area contributed by atoms with Crippen molar-refractivity contribution in [1.82, 2.24) is 9.80 Å². The third-order valence-electron chi connectivity index (χ3n) is 3.31. The van der Waals surface area contributed by atoms with Gasteiger partial charge in [-0.3, -0.25) is 9.80 Å². The maximum absolute atomic E-state index is 2.59. The Morgan fingerprint density at radius 2 is 1.38 bits per heavy atom. The molecule has 2 nitrogen and oxygen atoms in total. The van der Waals surface area contributed by atoms with Gasteiger partial charge in [0.2, 0.25) is 0 Å². The van der Waals surface area contributed by atoms with Crippen LogP contribution in [0, 0.1) is 0 Å². The zero-order valence-corrected chi connectivity index (χ0v) is 9.96. The third-order valence-corrected chi connectivity index (χ3v) is 3.31. The van der Waals surface area contributed by atoms with E-state index >= 15 is 0 Å². The molecule has 0 aromatic heterocycles. The Kier molecular flexibility index (Phi) is 3.03. The molecule has 1 fully saturated rings. The van der Waals surface area contributed by atoms with E-state index in [4.69, 9.17) is 0 Å². The first-order chi connectivity index (χ1) is 5.82. The Hall–Kier alpha value is -0.0800. The molecule has 1 aliphatic rings. The molecule has 0 amide bonds. The van der Waals surface area contributed by atoms with Crippen LogP contribution >= 0.6 is 0 Å². The molecule has 0 radical (unpaired) electrons. The molecule has 0 unspecified atom stereocenters. The number of hydrogen-bond acceptors (Lipinski definition) is 2. The van der Waals surface area contributed by atoms with Gasteiger partial charge in [-0.15, -0.1) is 0 Å². The highest BCUT2D eigenvalue weighted by Gasteiger charge is 2.32. The molecular formula is C11H24N2. The topological polar surface area (TPSA) is 6.48 Å². The first-order valence-corrected chi connectivity index (χ1v) is 5.29.